The summed E-state index contributed by atoms with van der Waals surface area (Å²) in [5.74, 6) is 0.822. The molecule has 0 amide bonds. The van der Waals surface area contributed by atoms with Crippen LogP contribution in [-0.2, 0) is 9.47 Å². The topological polar surface area (TPSA) is 30.5 Å². The van der Waals surface area contributed by atoms with Gasteiger partial charge in [0, 0.05) is 25.9 Å². The minimum atomic E-state index is 0.526. The first-order valence-corrected chi connectivity index (χ1v) is 6.25. The van der Waals surface area contributed by atoms with Crippen molar-refractivity contribution in [2.75, 3.05) is 33.0 Å². The third-order valence-electron chi connectivity index (χ3n) is 2.97. The Morgan fingerprint density at radius 3 is 2.67 bits per heavy atom. The minimum Gasteiger partial charge on any atom is -0.381 e. The molecule has 0 spiro atoms. The maximum absolute atomic E-state index is 5.50. The van der Waals surface area contributed by atoms with E-state index in [1.165, 1.54) is 19.3 Å². The zero-order chi connectivity index (χ0) is 10.9. The fraction of sp³-hybridized carbons (Fsp3) is 1.00. The van der Waals surface area contributed by atoms with Crippen molar-refractivity contribution >= 4 is 0 Å². The Balaban J connectivity index is 2.21. The molecule has 0 aromatic heterocycles. The van der Waals surface area contributed by atoms with E-state index in [1.54, 1.807) is 0 Å². The fourth-order valence-electron chi connectivity index (χ4n) is 2.14. The van der Waals surface area contributed by atoms with Crippen molar-refractivity contribution in [1.29, 1.82) is 0 Å². The van der Waals surface area contributed by atoms with E-state index in [4.69, 9.17) is 9.47 Å². The van der Waals surface area contributed by atoms with E-state index in [-0.39, 0.29) is 0 Å². The van der Waals surface area contributed by atoms with Crippen LogP contribution in [0.3, 0.4) is 0 Å². The Bertz CT molecular complexity index is 147. The molecule has 0 aliphatic carbocycles. The van der Waals surface area contributed by atoms with Crippen LogP contribution in [0.2, 0.25) is 0 Å². The monoisotopic (exact) mass is 215 g/mol. The number of ether oxygens (including phenoxy) is 2. The lowest BCUT2D eigenvalue weighted by molar-refractivity contribution is 0.0519. The van der Waals surface area contributed by atoms with E-state index in [0.29, 0.717) is 6.04 Å². The molecule has 1 atom stereocenters. The predicted molar refractivity (Wildman–Crippen MR) is 62.1 cm³/mol. The molecule has 1 heterocycles. The van der Waals surface area contributed by atoms with Crippen LogP contribution in [0, 0.1) is 5.92 Å². The van der Waals surface area contributed by atoms with Crippen LogP contribution in [0.1, 0.15) is 33.1 Å². The van der Waals surface area contributed by atoms with Gasteiger partial charge in [-0.3, -0.25) is 0 Å². The van der Waals surface area contributed by atoms with E-state index >= 15 is 0 Å². The zero-order valence-corrected chi connectivity index (χ0v) is 10.1. The van der Waals surface area contributed by atoms with Gasteiger partial charge in [0.05, 0.1) is 6.61 Å². The molecule has 0 aromatic rings. The van der Waals surface area contributed by atoms with Gasteiger partial charge in [0.2, 0.25) is 0 Å². The molecule has 1 rings (SSSR count). The van der Waals surface area contributed by atoms with Crippen LogP contribution in [-0.4, -0.2) is 39.0 Å². The van der Waals surface area contributed by atoms with Gasteiger partial charge in [-0.25, -0.2) is 0 Å². The Morgan fingerprint density at radius 2 is 2.07 bits per heavy atom. The second-order valence-electron chi connectivity index (χ2n) is 4.21. The van der Waals surface area contributed by atoms with Gasteiger partial charge >= 0.3 is 0 Å². The summed E-state index contributed by atoms with van der Waals surface area (Å²) in [4.78, 5) is 0. The third kappa shape index (κ3) is 5.50. The van der Waals surface area contributed by atoms with E-state index in [1.807, 2.05) is 0 Å². The summed E-state index contributed by atoms with van der Waals surface area (Å²) in [5.41, 5.74) is 0. The quantitative estimate of drug-likeness (QED) is 0.702. The molecule has 1 aliphatic heterocycles. The Hall–Kier alpha value is -0.120. The lowest BCUT2D eigenvalue weighted by Crippen LogP contribution is -2.36. The SMILES string of the molecule is CCNC(COCC)CC1CCOCC1. The van der Waals surface area contributed by atoms with Crippen molar-refractivity contribution in [1.82, 2.24) is 5.32 Å². The van der Waals surface area contributed by atoms with Gasteiger partial charge in [-0.2, -0.15) is 0 Å². The minimum absolute atomic E-state index is 0.526. The molecule has 1 aliphatic rings. The molecule has 3 nitrogen and oxygen atoms in total. The molecule has 0 aromatic carbocycles. The third-order valence-corrected chi connectivity index (χ3v) is 2.97. The molecule has 0 saturated carbocycles. The highest BCUT2D eigenvalue weighted by Gasteiger charge is 2.18. The Morgan fingerprint density at radius 1 is 1.33 bits per heavy atom. The summed E-state index contributed by atoms with van der Waals surface area (Å²) in [6.07, 6.45) is 3.67. The van der Waals surface area contributed by atoms with Crippen molar-refractivity contribution in [3.05, 3.63) is 0 Å². The molecule has 1 saturated heterocycles. The van der Waals surface area contributed by atoms with Gasteiger partial charge in [0.15, 0.2) is 0 Å². The molecular formula is C12H25NO2. The summed E-state index contributed by atoms with van der Waals surface area (Å²) < 4.78 is 10.9. The number of nitrogens with one attached hydrogen (secondary N) is 1. The van der Waals surface area contributed by atoms with Gasteiger partial charge < -0.3 is 14.8 Å². The fourth-order valence-corrected chi connectivity index (χ4v) is 2.14. The number of rotatable bonds is 7. The average molecular weight is 215 g/mol. The van der Waals surface area contributed by atoms with E-state index in [0.717, 1.165) is 38.9 Å². The molecule has 0 bridgehead atoms. The van der Waals surface area contributed by atoms with Crippen molar-refractivity contribution in [3.8, 4) is 0 Å². The van der Waals surface area contributed by atoms with Crippen LogP contribution in [0.25, 0.3) is 0 Å². The highest BCUT2D eigenvalue weighted by molar-refractivity contribution is 4.73. The lowest BCUT2D eigenvalue weighted by atomic mass is 9.93. The van der Waals surface area contributed by atoms with Crippen molar-refractivity contribution in [3.63, 3.8) is 0 Å². The summed E-state index contributed by atoms with van der Waals surface area (Å²) in [5, 5.41) is 3.50. The lowest BCUT2D eigenvalue weighted by Gasteiger charge is -2.27. The summed E-state index contributed by atoms with van der Waals surface area (Å²) in [6.45, 7) is 8.79. The van der Waals surface area contributed by atoms with Crippen LogP contribution in [0.5, 0.6) is 0 Å². The normalized spacial score (nSPS) is 20.4. The van der Waals surface area contributed by atoms with Gasteiger partial charge in [0.1, 0.15) is 0 Å². The molecule has 90 valence electrons. The van der Waals surface area contributed by atoms with E-state index in [2.05, 4.69) is 19.2 Å². The number of hydrogen-bond donors (Lipinski definition) is 1. The van der Waals surface area contributed by atoms with Gasteiger partial charge in [-0.15, -0.1) is 0 Å². The van der Waals surface area contributed by atoms with Crippen LogP contribution < -0.4 is 5.32 Å². The maximum Gasteiger partial charge on any atom is 0.0619 e. The average Bonchev–Trinajstić information content (AvgIpc) is 2.28. The molecule has 3 heteroatoms. The van der Waals surface area contributed by atoms with Crippen LogP contribution in [0.15, 0.2) is 0 Å². The molecule has 15 heavy (non-hydrogen) atoms. The molecule has 0 radical (unpaired) electrons. The maximum atomic E-state index is 5.50. The van der Waals surface area contributed by atoms with Crippen LogP contribution in [0.4, 0.5) is 0 Å². The van der Waals surface area contributed by atoms with Gasteiger partial charge in [0.25, 0.3) is 0 Å². The van der Waals surface area contributed by atoms with E-state index in [9.17, 15) is 0 Å². The molecule has 1 N–H and O–H groups in total. The number of likely N-dealkylation sites (N-methyl/N-ethyl adjacent to an activating group) is 1. The standard InChI is InChI=1S/C12H25NO2/c1-3-13-12(10-14-4-2)9-11-5-7-15-8-6-11/h11-13H,3-10H2,1-2H3. The molecule has 1 unspecified atom stereocenters. The first-order valence-electron chi connectivity index (χ1n) is 6.25. The van der Waals surface area contributed by atoms with Crippen molar-refractivity contribution in [2.24, 2.45) is 5.92 Å². The first kappa shape index (κ1) is 12.9. The summed E-state index contributed by atoms with van der Waals surface area (Å²) in [6, 6.07) is 0.526. The Labute approximate surface area is 93.5 Å². The highest BCUT2D eigenvalue weighted by Crippen LogP contribution is 2.20. The van der Waals surface area contributed by atoms with Crippen molar-refractivity contribution in [2.45, 2.75) is 39.2 Å². The second-order valence-corrected chi connectivity index (χ2v) is 4.21. The highest BCUT2D eigenvalue weighted by atomic mass is 16.5. The molecule has 1 fully saturated rings. The van der Waals surface area contributed by atoms with Crippen LogP contribution >= 0.6 is 0 Å². The predicted octanol–water partition coefficient (Wildman–Crippen LogP) is 1.82. The van der Waals surface area contributed by atoms with E-state index < -0.39 is 0 Å². The largest absolute Gasteiger partial charge is 0.381 e. The molecular weight excluding hydrogens is 190 g/mol. The summed E-state index contributed by atoms with van der Waals surface area (Å²) >= 11 is 0. The summed E-state index contributed by atoms with van der Waals surface area (Å²) in [7, 11) is 0. The second kappa shape index (κ2) is 8.08. The Kier molecular flexibility index (Phi) is 6.98. The van der Waals surface area contributed by atoms with Crippen molar-refractivity contribution < 1.29 is 9.47 Å². The number of hydrogen-bond acceptors (Lipinski definition) is 3. The zero-order valence-electron chi connectivity index (χ0n) is 10.1. The smallest absolute Gasteiger partial charge is 0.0619 e. The van der Waals surface area contributed by atoms with Gasteiger partial charge in [-0.05, 0) is 38.6 Å². The first-order chi connectivity index (χ1) is 7.36. The van der Waals surface area contributed by atoms with Gasteiger partial charge in [-0.1, -0.05) is 6.92 Å².